The average Bonchev–Trinajstić information content (AvgIpc) is 2.22. The van der Waals surface area contributed by atoms with Crippen molar-refractivity contribution in [2.45, 2.75) is 38.1 Å². The number of hydrogen-bond acceptors (Lipinski definition) is 3. The van der Waals surface area contributed by atoms with Gasteiger partial charge in [0.2, 0.25) is 10.0 Å². The number of nitrogens with one attached hydrogen (secondary N) is 1. The molecule has 1 aromatic rings. The molecule has 1 atom stereocenters. The van der Waals surface area contributed by atoms with E-state index in [1.165, 1.54) is 0 Å². The number of hydrogen-bond donors (Lipinski definition) is 2. The third-order valence-electron chi connectivity index (χ3n) is 2.64. The molecule has 0 spiro atoms. The van der Waals surface area contributed by atoms with E-state index in [2.05, 4.69) is 20.7 Å². The predicted octanol–water partition coefficient (Wildman–Crippen LogP) is 2.08. The summed E-state index contributed by atoms with van der Waals surface area (Å²) in [5, 5.41) is 0. The van der Waals surface area contributed by atoms with Crippen LogP contribution in [0.4, 0.5) is 0 Å². The van der Waals surface area contributed by atoms with Crippen molar-refractivity contribution in [1.82, 2.24) is 4.72 Å². The van der Waals surface area contributed by atoms with E-state index in [1.54, 1.807) is 13.0 Å². The van der Waals surface area contributed by atoms with E-state index in [4.69, 9.17) is 5.73 Å². The van der Waals surface area contributed by atoms with Crippen LogP contribution in [0, 0.1) is 13.8 Å². The van der Waals surface area contributed by atoms with Gasteiger partial charge < -0.3 is 5.73 Å². The zero-order valence-electron chi connectivity index (χ0n) is 10.8. The summed E-state index contributed by atoms with van der Waals surface area (Å²) in [4.78, 5) is 0.327. The van der Waals surface area contributed by atoms with Crippen LogP contribution in [0.3, 0.4) is 0 Å². The Balaban J connectivity index is 2.95. The van der Waals surface area contributed by atoms with Gasteiger partial charge in [-0.15, -0.1) is 0 Å². The first kappa shape index (κ1) is 15.6. The zero-order chi connectivity index (χ0) is 13.9. The molecule has 0 aromatic heterocycles. The molecule has 0 bridgehead atoms. The fourth-order valence-corrected chi connectivity index (χ4v) is 3.36. The fraction of sp³-hybridized carbons (Fsp3) is 0.500. The van der Waals surface area contributed by atoms with E-state index in [-0.39, 0.29) is 6.04 Å². The van der Waals surface area contributed by atoms with Crippen molar-refractivity contribution in [3.8, 4) is 0 Å². The van der Waals surface area contributed by atoms with E-state index in [0.29, 0.717) is 17.9 Å². The summed E-state index contributed by atoms with van der Waals surface area (Å²) in [7, 11) is -3.45. The first-order valence-corrected chi connectivity index (χ1v) is 8.03. The number of halogens is 1. The molecule has 0 radical (unpaired) electrons. The number of benzene rings is 1. The highest BCUT2D eigenvalue weighted by Crippen LogP contribution is 2.24. The van der Waals surface area contributed by atoms with E-state index in [1.807, 2.05) is 19.9 Å². The Bertz CT molecular complexity index is 527. The lowest BCUT2D eigenvalue weighted by atomic mass is 10.2. The molecule has 4 nitrogen and oxygen atoms in total. The van der Waals surface area contributed by atoms with Crippen LogP contribution in [0.15, 0.2) is 21.5 Å². The van der Waals surface area contributed by atoms with Crippen LogP contribution in [-0.2, 0) is 10.0 Å². The Hall–Kier alpha value is -0.430. The van der Waals surface area contributed by atoms with Gasteiger partial charge in [0.05, 0.1) is 4.90 Å². The number of sulfonamides is 1. The smallest absolute Gasteiger partial charge is 0.240 e. The van der Waals surface area contributed by atoms with Crippen molar-refractivity contribution in [2.24, 2.45) is 5.73 Å². The maximum atomic E-state index is 12.1. The molecule has 0 fully saturated rings. The molecule has 3 N–H and O–H groups in total. The third-order valence-corrected chi connectivity index (χ3v) is 5.09. The van der Waals surface area contributed by atoms with Crippen LogP contribution in [0.25, 0.3) is 0 Å². The van der Waals surface area contributed by atoms with Crippen molar-refractivity contribution in [1.29, 1.82) is 0 Å². The van der Waals surface area contributed by atoms with E-state index in [0.717, 1.165) is 15.6 Å². The normalized spacial score (nSPS) is 13.6. The van der Waals surface area contributed by atoms with Gasteiger partial charge in [0.15, 0.2) is 0 Å². The molecule has 0 saturated carbocycles. The summed E-state index contributed by atoms with van der Waals surface area (Å²) in [6, 6.07) is 3.48. The molecular weight excluding hydrogens is 316 g/mol. The zero-order valence-corrected chi connectivity index (χ0v) is 13.2. The SMILES string of the molecule is Cc1cc(S(=O)(=O)NCCC(C)N)c(C)cc1Br. The van der Waals surface area contributed by atoms with Crippen LogP contribution in [-0.4, -0.2) is 21.0 Å². The molecular formula is C12H19BrN2O2S. The highest BCUT2D eigenvalue weighted by molar-refractivity contribution is 9.10. The lowest BCUT2D eigenvalue weighted by molar-refractivity contribution is 0.571. The van der Waals surface area contributed by atoms with Crippen LogP contribution in [0.5, 0.6) is 0 Å². The molecule has 18 heavy (non-hydrogen) atoms. The highest BCUT2D eigenvalue weighted by atomic mass is 79.9. The van der Waals surface area contributed by atoms with Crippen molar-refractivity contribution in [3.63, 3.8) is 0 Å². The van der Waals surface area contributed by atoms with Gasteiger partial charge in [-0.05, 0) is 50.5 Å². The van der Waals surface area contributed by atoms with Gasteiger partial charge in [0.25, 0.3) is 0 Å². The minimum absolute atomic E-state index is 0.0135. The summed E-state index contributed by atoms with van der Waals surface area (Å²) < 4.78 is 27.7. The Morgan fingerprint density at radius 3 is 2.50 bits per heavy atom. The van der Waals surface area contributed by atoms with Gasteiger partial charge in [0.1, 0.15) is 0 Å². The van der Waals surface area contributed by atoms with Crippen molar-refractivity contribution in [3.05, 3.63) is 27.7 Å². The molecule has 0 heterocycles. The standard InChI is InChI=1S/C12H19BrN2O2S/c1-8-7-12(9(2)6-11(8)13)18(16,17)15-5-4-10(3)14/h6-7,10,15H,4-5,14H2,1-3H3. The van der Waals surface area contributed by atoms with Gasteiger partial charge in [0, 0.05) is 17.1 Å². The van der Waals surface area contributed by atoms with Gasteiger partial charge in [-0.25, -0.2) is 13.1 Å². The molecule has 6 heteroatoms. The molecule has 1 rings (SSSR count). The first-order valence-electron chi connectivity index (χ1n) is 5.76. The average molecular weight is 335 g/mol. The van der Waals surface area contributed by atoms with Gasteiger partial charge in [-0.2, -0.15) is 0 Å². The quantitative estimate of drug-likeness (QED) is 0.865. The van der Waals surface area contributed by atoms with Crippen LogP contribution >= 0.6 is 15.9 Å². The maximum Gasteiger partial charge on any atom is 0.240 e. The van der Waals surface area contributed by atoms with E-state index >= 15 is 0 Å². The second kappa shape index (κ2) is 6.14. The minimum atomic E-state index is -3.45. The van der Waals surface area contributed by atoms with Crippen LogP contribution < -0.4 is 10.5 Å². The Morgan fingerprint density at radius 2 is 1.94 bits per heavy atom. The second-order valence-electron chi connectivity index (χ2n) is 4.53. The largest absolute Gasteiger partial charge is 0.328 e. The molecule has 0 amide bonds. The molecule has 102 valence electrons. The minimum Gasteiger partial charge on any atom is -0.328 e. The summed E-state index contributed by atoms with van der Waals surface area (Å²) >= 11 is 3.39. The van der Waals surface area contributed by atoms with Crippen molar-refractivity contribution in [2.75, 3.05) is 6.54 Å². The number of rotatable bonds is 5. The Labute approximate surface area is 117 Å². The lowest BCUT2D eigenvalue weighted by Gasteiger charge is -2.12. The van der Waals surface area contributed by atoms with Crippen LogP contribution in [0.2, 0.25) is 0 Å². The molecule has 1 unspecified atom stereocenters. The second-order valence-corrected chi connectivity index (χ2v) is 7.12. The topological polar surface area (TPSA) is 72.2 Å². The summed E-state index contributed by atoms with van der Waals surface area (Å²) in [5.41, 5.74) is 7.21. The van der Waals surface area contributed by atoms with Crippen molar-refractivity contribution >= 4 is 26.0 Å². The molecule has 0 saturated heterocycles. The molecule has 1 aromatic carbocycles. The first-order chi connectivity index (χ1) is 8.24. The fourth-order valence-electron chi connectivity index (χ4n) is 1.54. The summed E-state index contributed by atoms with van der Waals surface area (Å²) in [6.07, 6.45) is 0.619. The monoisotopic (exact) mass is 334 g/mol. The van der Waals surface area contributed by atoms with Gasteiger partial charge in [-0.1, -0.05) is 15.9 Å². The Kier molecular flexibility index (Phi) is 5.33. The summed E-state index contributed by atoms with van der Waals surface area (Å²) in [5.74, 6) is 0. The number of nitrogens with two attached hydrogens (primary N) is 1. The maximum absolute atomic E-state index is 12.1. The number of aryl methyl sites for hydroxylation is 2. The molecule has 0 aliphatic heterocycles. The van der Waals surface area contributed by atoms with E-state index in [9.17, 15) is 8.42 Å². The van der Waals surface area contributed by atoms with Crippen LogP contribution in [0.1, 0.15) is 24.5 Å². The predicted molar refractivity (Wildman–Crippen MR) is 77.1 cm³/mol. The third kappa shape index (κ3) is 4.05. The van der Waals surface area contributed by atoms with Gasteiger partial charge in [-0.3, -0.25) is 0 Å². The lowest BCUT2D eigenvalue weighted by Crippen LogP contribution is -2.29. The highest BCUT2D eigenvalue weighted by Gasteiger charge is 2.17. The molecule has 0 aliphatic carbocycles. The van der Waals surface area contributed by atoms with E-state index < -0.39 is 10.0 Å². The van der Waals surface area contributed by atoms with Gasteiger partial charge >= 0.3 is 0 Å². The summed E-state index contributed by atoms with van der Waals surface area (Å²) in [6.45, 7) is 5.85. The molecule has 0 aliphatic rings. The Morgan fingerprint density at radius 1 is 1.33 bits per heavy atom. The van der Waals surface area contributed by atoms with Crippen molar-refractivity contribution < 1.29 is 8.42 Å².